The van der Waals surface area contributed by atoms with Crippen LogP contribution in [0, 0.1) is 5.92 Å². The Hall–Kier alpha value is -2.51. The Labute approximate surface area is 171 Å². The highest BCUT2D eigenvalue weighted by Crippen LogP contribution is 2.27. The molecule has 8 nitrogen and oxygen atoms in total. The van der Waals surface area contributed by atoms with E-state index in [1.54, 1.807) is 11.8 Å². The van der Waals surface area contributed by atoms with Crippen LogP contribution in [0.1, 0.15) is 56.1 Å². The Morgan fingerprint density at radius 2 is 2.03 bits per heavy atom. The molecular formula is C21H29N5O3. The summed E-state index contributed by atoms with van der Waals surface area (Å²) in [5, 5.41) is 0. The molecule has 0 radical (unpaired) electrons. The number of amides is 3. The number of piperidine rings is 1. The van der Waals surface area contributed by atoms with E-state index in [2.05, 4.69) is 4.98 Å². The second-order valence-electron chi connectivity index (χ2n) is 8.35. The molecule has 3 amide bonds. The van der Waals surface area contributed by atoms with Gasteiger partial charge in [0.2, 0.25) is 17.7 Å². The van der Waals surface area contributed by atoms with Gasteiger partial charge in [0.25, 0.3) is 0 Å². The van der Waals surface area contributed by atoms with Crippen LogP contribution in [0.15, 0.2) is 6.20 Å². The SMILES string of the molecule is CCN1C[C@H](C(=O)N2CCc3nc([C@H]4CCCN(C(C)=O)C4)ncc3C2)CC1=O. The average Bonchev–Trinajstić information content (AvgIpc) is 3.13. The van der Waals surface area contributed by atoms with Crippen molar-refractivity contribution >= 4 is 17.7 Å². The van der Waals surface area contributed by atoms with Crippen LogP contribution in [0.5, 0.6) is 0 Å². The monoisotopic (exact) mass is 399 g/mol. The molecule has 0 aliphatic carbocycles. The lowest BCUT2D eigenvalue weighted by molar-refractivity contribution is -0.136. The van der Waals surface area contributed by atoms with Gasteiger partial charge in [-0.3, -0.25) is 14.4 Å². The summed E-state index contributed by atoms with van der Waals surface area (Å²) in [5.74, 6) is 1.01. The fourth-order valence-electron chi connectivity index (χ4n) is 4.69. The molecule has 3 aliphatic rings. The predicted molar refractivity (Wildman–Crippen MR) is 106 cm³/mol. The van der Waals surface area contributed by atoms with Crippen LogP contribution >= 0.6 is 0 Å². The number of hydrogen-bond donors (Lipinski definition) is 0. The number of rotatable bonds is 3. The maximum absolute atomic E-state index is 12.9. The van der Waals surface area contributed by atoms with Gasteiger partial charge in [0.15, 0.2) is 0 Å². The zero-order chi connectivity index (χ0) is 20.5. The number of aromatic nitrogens is 2. The molecule has 1 aromatic rings. The van der Waals surface area contributed by atoms with Crippen LogP contribution in [0.3, 0.4) is 0 Å². The number of nitrogens with zero attached hydrogens (tertiary/aromatic N) is 5. The van der Waals surface area contributed by atoms with Gasteiger partial charge in [-0.15, -0.1) is 0 Å². The zero-order valence-electron chi connectivity index (χ0n) is 17.3. The second-order valence-corrected chi connectivity index (χ2v) is 8.35. The first-order valence-corrected chi connectivity index (χ1v) is 10.6. The van der Waals surface area contributed by atoms with Crippen LogP contribution in [0.2, 0.25) is 0 Å². The van der Waals surface area contributed by atoms with Gasteiger partial charge in [0.05, 0.1) is 11.6 Å². The molecule has 0 N–H and O–H groups in total. The van der Waals surface area contributed by atoms with Crippen molar-refractivity contribution in [1.29, 1.82) is 0 Å². The third kappa shape index (κ3) is 3.97. The normalized spacial score (nSPS) is 24.6. The van der Waals surface area contributed by atoms with Gasteiger partial charge in [-0.1, -0.05) is 0 Å². The van der Waals surface area contributed by atoms with Gasteiger partial charge >= 0.3 is 0 Å². The smallest absolute Gasteiger partial charge is 0.228 e. The standard InChI is InChI=1S/C21H29N5O3/c1-3-24-12-16(9-19(24)28)21(29)26-8-6-18-17(13-26)10-22-20(23-18)15-5-4-7-25(11-15)14(2)27/h10,15-16H,3-9,11-13H2,1-2H3/t15-,16+/m0/s1. The van der Waals surface area contributed by atoms with Crippen LogP contribution in [-0.2, 0) is 27.3 Å². The lowest BCUT2D eigenvalue weighted by Crippen LogP contribution is -2.41. The number of carbonyl (C=O) groups excluding carboxylic acids is 3. The summed E-state index contributed by atoms with van der Waals surface area (Å²) in [4.78, 5) is 51.4. The molecule has 0 unspecified atom stereocenters. The molecule has 0 aromatic carbocycles. The number of fused-ring (bicyclic) bond motifs is 1. The molecule has 4 rings (SSSR count). The van der Waals surface area contributed by atoms with Crippen LogP contribution < -0.4 is 0 Å². The van der Waals surface area contributed by atoms with Gasteiger partial charge < -0.3 is 14.7 Å². The van der Waals surface area contributed by atoms with E-state index in [-0.39, 0.29) is 29.6 Å². The Bertz CT molecular complexity index is 827. The van der Waals surface area contributed by atoms with Crippen molar-refractivity contribution in [2.45, 2.75) is 52.0 Å². The van der Waals surface area contributed by atoms with Crippen molar-refractivity contribution in [3.63, 3.8) is 0 Å². The maximum Gasteiger partial charge on any atom is 0.228 e. The summed E-state index contributed by atoms with van der Waals surface area (Å²) < 4.78 is 0. The van der Waals surface area contributed by atoms with E-state index in [1.807, 2.05) is 22.9 Å². The minimum Gasteiger partial charge on any atom is -0.342 e. The molecule has 0 saturated carbocycles. The molecule has 29 heavy (non-hydrogen) atoms. The van der Waals surface area contributed by atoms with E-state index in [1.165, 1.54) is 0 Å². The molecular weight excluding hydrogens is 370 g/mol. The third-order valence-electron chi connectivity index (χ3n) is 6.44. The minimum atomic E-state index is -0.232. The summed E-state index contributed by atoms with van der Waals surface area (Å²) in [6, 6.07) is 0. The topological polar surface area (TPSA) is 86.7 Å². The first kappa shape index (κ1) is 19.8. The summed E-state index contributed by atoms with van der Waals surface area (Å²) in [6.07, 6.45) is 4.85. The lowest BCUT2D eigenvalue weighted by Gasteiger charge is -2.33. The fourth-order valence-corrected chi connectivity index (χ4v) is 4.69. The fraction of sp³-hybridized carbons (Fsp3) is 0.667. The highest BCUT2D eigenvalue weighted by atomic mass is 16.2. The number of hydrogen-bond acceptors (Lipinski definition) is 5. The van der Waals surface area contributed by atoms with Crippen molar-refractivity contribution in [3.05, 3.63) is 23.3 Å². The highest BCUT2D eigenvalue weighted by Gasteiger charge is 2.37. The van der Waals surface area contributed by atoms with Crippen LogP contribution in [-0.4, -0.2) is 75.1 Å². The summed E-state index contributed by atoms with van der Waals surface area (Å²) in [5.41, 5.74) is 2.00. The quantitative estimate of drug-likeness (QED) is 0.756. The highest BCUT2D eigenvalue weighted by molar-refractivity contribution is 5.89. The van der Waals surface area contributed by atoms with Gasteiger partial charge in [0.1, 0.15) is 5.82 Å². The van der Waals surface area contributed by atoms with Crippen molar-refractivity contribution < 1.29 is 14.4 Å². The maximum atomic E-state index is 12.9. The summed E-state index contributed by atoms with van der Waals surface area (Å²) in [7, 11) is 0. The number of carbonyl (C=O) groups is 3. The molecule has 3 aliphatic heterocycles. The van der Waals surface area contributed by atoms with Gasteiger partial charge in [-0.25, -0.2) is 9.97 Å². The van der Waals surface area contributed by atoms with Gasteiger partial charge in [-0.05, 0) is 19.8 Å². The van der Waals surface area contributed by atoms with Crippen molar-refractivity contribution in [3.8, 4) is 0 Å². The number of likely N-dealkylation sites (tertiary alicyclic amines) is 2. The van der Waals surface area contributed by atoms with E-state index in [4.69, 9.17) is 4.98 Å². The second kappa shape index (κ2) is 8.08. The average molecular weight is 399 g/mol. The molecule has 8 heteroatoms. The van der Waals surface area contributed by atoms with E-state index < -0.39 is 0 Å². The molecule has 156 valence electrons. The molecule has 2 atom stereocenters. The molecule has 1 aromatic heterocycles. The predicted octanol–water partition coefficient (Wildman–Crippen LogP) is 0.956. The summed E-state index contributed by atoms with van der Waals surface area (Å²) in [6.45, 7) is 7.37. The molecule has 0 spiro atoms. The minimum absolute atomic E-state index is 0.0633. The molecule has 0 bridgehead atoms. The molecule has 2 fully saturated rings. The first-order chi connectivity index (χ1) is 14.0. The van der Waals surface area contributed by atoms with E-state index >= 15 is 0 Å². The van der Waals surface area contributed by atoms with Crippen molar-refractivity contribution in [2.75, 3.05) is 32.7 Å². The Morgan fingerprint density at radius 1 is 1.21 bits per heavy atom. The van der Waals surface area contributed by atoms with Crippen molar-refractivity contribution in [1.82, 2.24) is 24.7 Å². The molecule has 2 saturated heterocycles. The first-order valence-electron chi connectivity index (χ1n) is 10.6. The summed E-state index contributed by atoms with van der Waals surface area (Å²) >= 11 is 0. The van der Waals surface area contributed by atoms with Crippen LogP contribution in [0.4, 0.5) is 0 Å². The largest absolute Gasteiger partial charge is 0.342 e. The molecule has 4 heterocycles. The Kier molecular flexibility index (Phi) is 5.52. The van der Waals surface area contributed by atoms with E-state index in [0.717, 1.165) is 36.5 Å². The zero-order valence-corrected chi connectivity index (χ0v) is 17.3. The van der Waals surface area contributed by atoms with E-state index in [0.29, 0.717) is 45.6 Å². The Morgan fingerprint density at radius 3 is 2.76 bits per heavy atom. The van der Waals surface area contributed by atoms with E-state index in [9.17, 15) is 14.4 Å². The lowest BCUT2D eigenvalue weighted by atomic mass is 9.96. The van der Waals surface area contributed by atoms with Gasteiger partial charge in [0, 0.05) is 76.7 Å². The van der Waals surface area contributed by atoms with Gasteiger partial charge in [-0.2, -0.15) is 0 Å². The van der Waals surface area contributed by atoms with Crippen molar-refractivity contribution in [2.24, 2.45) is 5.92 Å². The van der Waals surface area contributed by atoms with Crippen LogP contribution in [0.25, 0.3) is 0 Å². The third-order valence-corrected chi connectivity index (χ3v) is 6.44. The Balaban J connectivity index is 1.42.